The molecule has 1 saturated carbocycles. The third-order valence-electron chi connectivity index (χ3n) is 2.76. The summed E-state index contributed by atoms with van der Waals surface area (Å²) in [5.74, 6) is 0. The van der Waals surface area contributed by atoms with Gasteiger partial charge in [0.15, 0.2) is 6.29 Å². The van der Waals surface area contributed by atoms with Gasteiger partial charge in [-0.2, -0.15) is 0 Å². The van der Waals surface area contributed by atoms with Crippen LogP contribution in [0.1, 0.15) is 42.2 Å². The summed E-state index contributed by atoms with van der Waals surface area (Å²) in [6.07, 6.45) is 8.86. The first-order chi connectivity index (χ1) is 6.79. The predicted molar refractivity (Wildman–Crippen MR) is 54.3 cm³/mol. The molecule has 74 valence electrons. The molecule has 14 heavy (non-hydrogen) atoms. The van der Waals surface area contributed by atoms with Gasteiger partial charge in [0, 0.05) is 12.2 Å². The van der Waals surface area contributed by atoms with Gasteiger partial charge in [-0.15, -0.1) is 0 Å². The minimum absolute atomic E-state index is 0.456. The van der Waals surface area contributed by atoms with Gasteiger partial charge in [-0.05, 0) is 25.7 Å². The second-order valence-electron chi connectivity index (χ2n) is 3.86. The highest BCUT2D eigenvalue weighted by atomic mass is 16.1. The number of hydrogen-bond donors (Lipinski definition) is 0. The van der Waals surface area contributed by atoms with Crippen LogP contribution in [0.15, 0.2) is 24.7 Å². The Balaban J connectivity index is 2.13. The predicted octanol–water partition coefficient (Wildman–Crippen LogP) is 2.37. The molecule has 1 fully saturated rings. The smallest absolute Gasteiger partial charge is 0.169 e. The van der Waals surface area contributed by atoms with Gasteiger partial charge in [-0.3, -0.25) is 4.79 Å². The average molecular weight is 190 g/mol. The van der Waals surface area contributed by atoms with E-state index in [0.717, 1.165) is 25.5 Å². The van der Waals surface area contributed by atoms with E-state index in [1.54, 1.807) is 6.33 Å². The third kappa shape index (κ3) is 1.76. The summed E-state index contributed by atoms with van der Waals surface area (Å²) in [5.41, 5.74) is 1.82. The lowest BCUT2D eigenvalue weighted by Gasteiger charge is -2.24. The van der Waals surface area contributed by atoms with E-state index in [-0.39, 0.29) is 0 Å². The SMILES string of the molecule is C=C1CCCC(n2cnc(C=O)c2)C1. The number of nitrogens with zero attached hydrogens (tertiary/aromatic N) is 2. The van der Waals surface area contributed by atoms with E-state index >= 15 is 0 Å². The highest BCUT2D eigenvalue weighted by Crippen LogP contribution is 2.30. The number of rotatable bonds is 2. The summed E-state index contributed by atoms with van der Waals surface area (Å²) >= 11 is 0. The van der Waals surface area contributed by atoms with Gasteiger partial charge < -0.3 is 4.57 Å². The minimum Gasteiger partial charge on any atom is -0.333 e. The molecule has 1 aliphatic carbocycles. The summed E-state index contributed by atoms with van der Waals surface area (Å²) in [6.45, 7) is 4.01. The molecule has 1 aliphatic rings. The molecule has 1 atom stereocenters. The van der Waals surface area contributed by atoms with Crippen LogP contribution < -0.4 is 0 Å². The Morgan fingerprint density at radius 1 is 1.64 bits per heavy atom. The standard InChI is InChI=1S/C11H14N2O/c1-9-3-2-4-11(5-9)13-6-10(7-14)12-8-13/h6-8,11H,1-5H2. The fraction of sp³-hybridized carbons (Fsp3) is 0.455. The third-order valence-corrected chi connectivity index (χ3v) is 2.76. The number of hydrogen-bond acceptors (Lipinski definition) is 2. The molecule has 1 heterocycles. The van der Waals surface area contributed by atoms with Crippen LogP contribution >= 0.6 is 0 Å². The first-order valence-corrected chi connectivity index (χ1v) is 4.95. The quantitative estimate of drug-likeness (QED) is 0.530. The number of aromatic nitrogens is 2. The van der Waals surface area contributed by atoms with E-state index in [0.29, 0.717) is 11.7 Å². The van der Waals surface area contributed by atoms with E-state index in [4.69, 9.17) is 0 Å². The van der Waals surface area contributed by atoms with Crippen LogP contribution in [0.2, 0.25) is 0 Å². The van der Waals surface area contributed by atoms with Gasteiger partial charge in [-0.1, -0.05) is 12.2 Å². The fourth-order valence-corrected chi connectivity index (χ4v) is 1.99. The lowest BCUT2D eigenvalue weighted by molar-refractivity contribution is 0.111. The maximum atomic E-state index is 10.5. The monoisotopic (exact) mass is 190 g/mol. The van der Waals surface area contributed by atoms with Gasteiger partial charge >= 0.3 is 0 Å². The van der Waals surface area contributed by atoms with Crippen molar-refractivity contribution in [3.05, 3.63) is 30.4 Å². The van der Waals surface area contributed by atoms with Gasteiger partial charge in [0.05, 0.1) is 6.33 Å². The molecule has 0 saturated heterocycles. The molecule has 1 aromatic rings. The molecule has 3 heteroatoms. The van der Waals surface area contributed by atoms with Crippen LogP contribution in [0.5, 0.6) is 0 Å². The molecule has 1 aromatic heterocycles. The van der Waals surface area contributed by atoms with E-state index < -0.39 is 0 Å². The van der Waals surface area contributed by atoms with Crippen molar-refractivity contribution < 1.29 is 4.79 Å². The van der Waals surface area contributed by atoms with Gasteiger partial charge in [0.1, 0.15) is 5.69 Å². The maximum absolute atomic E-state index is 10.5. The summed E-state index contributed by atoms with van der Waals surface area (Å²) in [6, 6.07) is 0.456. The molecule has 0 aromatic carbocycles. The Morgan fingerprint density at radius 3 is 3.14 bits per heavy atom. The lowest BCUT2D eigenvalue weighted by atomic mass is 9.92. The second-order valence-corrected chi connectivity index (χ2v) is 3.86. The van der Waals surface area contributed by atoms with Crippen molar-refractivity contribution in [1.29, 1.82) is 0 Å². The van der Waals surface area contributed by atoms with Crippen LogP contribution in [0.25, 0.3) is 0 Å². The molecule has 0 amide bonds. The Labute approximate surface area is 83.5 Å². The molecule has 0 aliphatic heterocycles. The van der Waals surface area contributed by atoms with Gasteiger partial charge in [-0.25, -0.2) is 4.98 Å². The molecule has 0 radical (unpaired) electrons. The van der Waals surface area contributed by atoms with Crippen molar-refractivity contribution in [1.82, 2.24) is 9.55 Å². The molecule has 1 unspecified atom stereocenters. The van der Waals surface area contributed by atoms with Crippen molar-refractivity contribution in [2.45, 2.75) is 31.7 Å². The molecule has 3 nitrogen and oxygen atoms in total. The zero-order chi connectivity index (χ0) is 9.97. The van der Waals surface area contributed by atoms with Gasteiger partial charge in [0.2, 0.25) is 0 Å². The first kappa shape index (κ1) is 9.19. The molecule has 0 spiro atoms. The highest BCUT2D eigenvalue weighted by molar-refractivity contribution is 5.70. The number of allylic oxidation sites excluding steroid dienone is 1. The normalized spacial score (nSPS) is 22.3. The highest BCUT2D eigenvalue weighted by Gasteiger charge is 2.17. The Bertz CT molecular complexity index is 354. The number of aldehydes is 1. The zero-order valence-electron chi connectivity index (χ0n) is 8.15. The van der Waals surface area contributed by atoms with Crippen molar-refractivity contribution in [3.63, 3.8) is 0 Å². The molecular weight excluding hydrogens is 176 g/mol. The second kappa shape index (κ2) is 3.78. The summed E-state index contributed by atoms with van der Waals surface area (Å²) in [4.78, 5) is 14.5. The minimum atomic E-state index is 0.456. The van der Waals surface area contributed by atoms with Crippen molar-refractivity contribution in [2.75, 3.05) is 0 Å². The number of carbonyl (C=O) groups is 1. The average Bonchev–Trinajstić information content (AvgIpc) is 2.66. The maximum Gasteiger partial charge on any atom is 0.169 e. The Morgan fingerprint density at radius 2 is 2.50 bits per heavy atom. The largest absolute Gasteiger partial charge is 0.333 e. The Kier molecular flexibility index (Phi) is 2.48. The van der Waals surface area contributed by atoms with Crippen molar-refractivity contribution in [2.24, 2.45) is 0 Å². The van der Waals surface area contributed by atoms with Crippen LogP contribution in [0, 0.1) is 0 Å². The van der Waals surface area contributed by atoms with E-state index in [1.807, 2.05) is 10.8 Å². The molecule has 2 rings (SSSR count). The van der Waals surface area contributed by atoms with E-state index in [9.17, 15) is 4.79 Å². The van der Waals surface area contributed by atoms with Gasteiger partial charge in [0.25, 0.3) is 0 Å². The zero-order valence-corrected chi connectivity index (χ0v) is 8.15. The summed E-state index contributed by atoms with van der Waals surface area (Å²) < 4.78 is 2.04. The van der Waals surface area contributed by atoms with E-state index in [1.165, 1.54) is 12.0 Å². The van der Waals surface area contributed by atoms with Crippen LogP contribution in [-0.4, -0.2) is 15.8 Å². The molecular formula is C11H14N2O. The van der Waals surface area contributed by atoms with Crippen LogP contribution in [-0.2, 0) is 0 Å². The topological polar surface area (TPSA) is 34.9 Å². The van der Waals surface area contributed by atoms with Crippen LogP contribution in [0.4, 0.5) is 0 Å². The number of imidazole rings is 1. The molecule has 0 N–H and O–H groups in total. The summed E-state index contributed by atoms with van der Waals surface area (Å²) in [5, 5.41) is 0. The molecule has 0 bridgehead atoms. The lowest BCUT2D eigenvalue weighted by Crippen LogP contribution is -2.12. The first-order valence-electron chi connectivity index (χ1n) is 4.95. The van der Waals surface area contributed by atoms with Crippen molar-refractivity contribution >= 4 is 6.29 Å². The van der Waals surface area contributed by atoms with Crippen LogP contribution in [0.3, 0.4) is 0 Å². The number of carbonyl (C=O) groups excluding carboxylic acids is 1. The summed E-state index contributed by atoms with van der Waals surface area (Å²) in [7, 11) is 0. The van der Waals surface area contributed by atoms with E-state index in [2.05, 4.69) is 11.6 Å². The van der Waals surface area contributed by atoms with Crippen molar-refractivity contribution in [3.8, 4) is 0 Å². The Hall–Kier alpha value is -1.38. The fourth-order valence-electron chi connectivity index (χ4n) is 1.99.